The molecule has 2 aromatic rings. The van der Waals surface area contributed by atoms with E-state index in [1.54, 1.807) is 0 Å². The first-order valence-corrected chi connectivity index (χ1v) is 7.14. The van der Waals surface area contributed by atoms with Crippen molar-refractivity contribution in [2.24, 2.45) is 0 Å². The molecule has 0 atom stereocenters. The second-order valence-corrected chi connectivity index (χ2v) is 4.92. The zero-order chi connectivity index (χ0) is 14.9. The maximum absolute atomic E-state index is 9.15. The molecule has 4 heteroatoms. The number of aromatic nitrogens is 1. The van der Waals surface area contributed by atoms with E-state index in [-0.39, 0.29) is 13.2 Å². The van der Waals surface area contributed by atoms with Gasteiger partial charge < -0.3 is 14.9 Å². The van der Waals surface area contributed by atoms with Gasteiger partial charge in [-0.05, 0) is 36.1 Å². The van der Waals surface area contributed by atoms with E-state index in [0.29, 0.717) is 24.6 Å². The fourth-order valence-corrected chi connectivity index (χ4v) is 2.17. The van der Waals surface area contributed by atoms with Gasteiger partial charge in [0.1, 0.15) is 0 Å². The standard InChI is InChI=1S/C17H21NO3/c19-11-16-9-15(10-17(12-20)18-16)7-4-8-21-13-14-5-2-1-3-6-14/h1-3,5-6,9-10,19-20H,4,7-8,11-13H2. The molecule has 21 heavy (non-hydrogen) atoms. The molecule has 0 saturated carbocycles. The summed E-state index contributed by atoms with van der Waals surface area (Å²) >= 11 is 0. The maximum atomic E-state index is 9.15. The van der Waals surface area contributed by atoms with Crippen molar-refractivity contribution in [1.82, 2.24) is 4.98 Å². The summed E-state index contributed by atoms with van der Waals surface area (Å²) in [6.45, 7) is 1.10. The monoisotopic (exact) mass is 287 g/mol. The summed E-state index contributed by atoms with van der Waals surface area (Å²) in [5.74, 6) is 0. The lowest BCUT2D eigenvalue weighted by atomic mass is 10.1. The summed E-state index contributed by atoms with van der Waals surface area (Å²) in [5.41, 5.74) is 3.44. The minimum atomic E-state index is -0.106. The second kappa shape index (κ2) is 8.52. The van der Waals surface area contributed by atoms with Crippen molar-refractivity contribution < 1.29 is 14.9 Å². The van der Waals surface area contributed by atoms with Gasteiger partial charge in [-0.25, -0.2) is 0 Å². The zero-order valence-corrected chi connectivity index (χ0v) is 12.0. The molecule has 1 aromatic carbocycles. The average Bonchev–Trinajstić information content (AvgIpc) is 2.55. The number of aliphatic hydroxyl groups is 2. The van der Waals surface area contributed by atoms with Crippen LogP contribution in [0.1, 0.15) is 28.9 Å². The number of rotatable bonds is 8. The Kier molecular flexibility index (Phi) is 6.34. The molecule has 2 rings (SSSR count). The first kappa shape index (κ1) is 15.6. The van der Waals surface area contributed by atoms with E-state index < -0.39 is 0 Å². The highest BCUT2D eigenvalue weighted by atomic mass is 16.5. The van der Waals surface area contributed by atoms with Crippen molar-refractivity contribution >= 4 is 0 Å². The summed E-state index contributed by atoms with van der Waals surface area (Å²) in [5, 5.41) is 18.3. The van der Waals surface area contributed by atoms with Crippen molar-refractivity contribution in [2.45, 2.75) is 32.7 Å². The van der Waals surface area contributed by atoms with Crippen LogP contribution in [0.5, 0.6) is 0 Å². The number of pyridine rings is 1. The second-order valence-electron chi connectivity index (χ2n) is 4.92. The highest BCUT2D eigenvalue weighted by molar-refractivity contribution is 5.21. The molecular weight excluding hydrogens is 266 g/mol. The third kappa shape index (κ3) is 5.27. The smallest absolute Gasteiger partial charge is 0.0853 e. The first-order chi connectivity index (χ1) is 10.3. The Morgan fingerprint density at radius 2 is 1.57 bits per heavy atom. The molecule has 0 amide bonds. The van der Waals surface area contributed by atoms with E-state index in [1.807, 2.05) is 42.5 Å². The Morgan fingerprint density at radius 1 is 0.905 bits per heavy atom. The summed E-state index contributed by atoms with van der Waals surface area (Å²) in [6.07, 6.45) is 1.74. The van der Waals surface area contributed by atoms with Crippen LogP contribution in [-0.2, 0) is 31.0 Å². The van der Waals surface area contributed by atoms with Gasteiger partial charge in [-0.1, -0.05) is 30.3 Å². The van der Waals surface area contributed by atoms with Crippen molar-refractivity contribution in [3.05, 3.63) is 65.0 Å². The lowest BCUT2D eigenvalue weighted by molar-refractivity contribution is 0.118. The Labute approximate surface area is 125 Å². The number of hydrogen-bond donors (Lipinski definition) is 2. The van der Waals surface area contributed by atoms with E-state index in [0.717, 1.165) is 18.4 Å². The molecule has 2 N–H and O–H groups in total. The lowest BCUT2D eigenvalue weighted by Crippen LogP contribution is -2.01. The fraction of sp³-hybridized carbons (Fsp3) is 0.353. The van der Waals surface area contributed by atoms with E-state index in [1.165, 1.54) is 5.56 Å². The van der Waals surface area contributed by atoms with E-state index in [9.17, 15) is 0 Å². The van der Waals surface area contributed by atoms with Gasteiger partial charge in [-0.15, -0.1) is 0 Å². The van der Waals surface area contributed by atoms with Crippen LogP contribution in [0.4, 0.5) is 0 Å². The van der Waals surface area contributed by atoms with Gasteiger partial charge in [-0.3, -0.25) is 4.98 Å². The van der Waals surface area contributed by atoms with Gasteiger partial charge in [-0.2, -0.15) is 0 Å². The van der Waals surface area contributed by atoms with Gasteiger partial charge in [0.05, 0.1) is 31.2 Å². The zero-order valence-electron chi connectivity index (χ0n) is 12.0. The lowest BCUT2D eigenvalue weighted by Gasteiger charge is -2.07. The Bertz CT molecular complexity index is 521. The highest BCUT2D eigenvalue weighted by Gasteiger charge is 2.02. The van der Waals surface area contributed by atoms with Crippen molar-refractivity contribution in [1.29, 1.82) is 0 Å². The average molecular weight is 287 g/mol. The van der Waals surface area contributed by atoms with Gasteiger partial charge in [0, 0.05) is 6.61 Å². The van der Waals surface area contributed by atoms with E-state index in [2.05, 4.69) is 4.98 Å². The van der Waals surface area contributed by atoms with Crippen LogP contribution in [0, 0.1) is 0 Å². The number of aryl methyl sites for hydroxylation is 1. The van der Waals surface area contributed by atoms with Gasteiger partial charge >= 0.3 is 0 Å². The van der Waals surface area contributed by atoms with Crippen molar-refractivity contribution in [2.75, 3.05) is 6.61 Å². The Balaban J connectivity index is 1.75. The number of hydrogen-bond acceptors (Lipinski definition) is 4. The van der Waals surface area contributed by atoms with E-state index in [4.69, 9.17) is 14.9 Å². The number of benzene rings is 1. The van der Waals surface area contributed by atoms with Crippen molar-refractivity contribution in [3.63, 3.8) is 0 Å². The fourth-order valence-electron chi connectivity index (χ4n) is 2.17. The SMILES string of the molecule is OCc1cc(CCCOCc2ccccc2)cc(CO)n1. The Morgan fingerprint density at radius 3 is 2.19 bits per heavy atom. The number of nitrogens with zero attached hydrogens (tertiary/aromatic N) is 1. The van der Waals surface area contributed by atoms with Crippen LogP contribution in [0.15, 0.2) is 42.5 Å². The summed E-state index contributed by atoms with van der Waals surface area (Å²) in [6, 6.07) is 13.8. The largest absolute Gasteiger partial charge is 0.390 e. The van der Waals surface area contributed by atoms with Gasteiger partial charge in [0.15, 0.2) is 0 Å². The van der Waals surface area contributed by atoms with Gasteiger partial charge in [0.25, 0.3) is 0 Å². The molecule has 0 saturated heterocycles. The molecule has 0 fully saturated rings. The molecule has 112 valence electrons. The van der Waals surface area contributed by atoms with Crippen LogP contribution in [0.25, 0.3) is 0 Å². The molecule has 0 aliphatic carbocycles. The third-order valence-electron chi connectivity index (χ3n) is 3.18. The van der Waals surface area contributed by atoms with Crippen LogP contribution in [0.3, 0.4) is 0 Å². The van der Waals surface area contributed by atoms with Crippen LogP contribution < -0.4 is 0 Å². The normalized spacial score (nSPS) is 10.8. The molecule has 0 unspecified atom stereocenters. The van der Waals surface area contributed by atoms with Crippen LogP contribution in [-0.4, -0.2) is 21.8 Å². The van der Waals surface area contributed by atoms with Crippen LogP contribution in [0.2, 0.25) is 0 Å². The topological polar surface area (TPSA) is 62.6 Å². The van der Waals surface area contributed by atoms with Gasteiger partial charge in [0.2, 0.25) is 0 Å². The number of ether oxygens (including phenoxy) is 1. The minimum Gasteiger partial charge on any atom is -0.390 e. The van der Waals surface area contributed by atoms with Crippen molar-refractivity contribution in [3.8, 4) is 0 Å². The minimum absolute atomic E-state index is 0.106. The predicted octanol–water partition coefficient (Wildman–Crippen LogP) is 2.22. The molecule has 4 nitrogen and oxygen atoms in total. The predicted molar refractivity (Wildman–Crippen MR) is 80.5 cm³/mol. The molecule has 1 heterocycles. The highest BCUT2D eigenvalue weighted by Crippen LogP contribution is 2.10. The molecule has 0 aliphatic heterocycles. The molecule has 0 radical (unpaired) electrons. The van der Waals surface area contributed by atoms with E-state index >= 15 is 0 Å². The summed E-state index contributed by atoms with van der Waals surface area (Å²) in [7, 11) is 0. The number of aliphatic hydroxyl groups excluding tert-OH is 2. The summed E-state index contributed by atoms with van der Waals surface area (Å²) in [4.78, 5) is 4.12. The molecule has 0 spiro atoms. The molecule has 0 bridgehead atoms. The maximum Gasteiger partial charge on any atom is 0.0853 e. The molecule has 1 aromatic heterocycles. The van der Waals surface area contributed by atoms with Crippen LogP contribution >= 0.6 is 0 Å². The third-order valence-corrected chi connectivity index (χ3v) is 3.18. The molecule has 0 aliphatic rings. The molecular formula is C17H21NO3. The summed E-state index contributed by atoms with van der Waals surface area (Å²) < 4.78 is 5.64. The first-order valence-electron chi connectivity index (χ1n) is 7.14. The Hall–Kier alpha value is -1.75. The quantitative estimate of drug-likeness (QED) is 0.731.